The maximum atomic E-state index is 11.3. The third-order valence-electron chi connectivity index (χ3n) is 2.25. The van der Waals surface area contributed by atoms with Gasteiger partial charge in [0.2, 0.25) is 0 Å². The van der Waals surface area contributed by atoms with Crippen LogP contribution in [0.5, 0.6) is 0 Å². The van der Waals surface area contributed by atoms with Gasteiger partial charge in [-0.25, -0.2) is 9.59 Å². The Morgan fingerprint density at radius 3 is 2.62 bits per heavy atom. The van der Waals surface area contributed by atoms with Crippen LogP contribution >= 0.6 is 11.6 Å². The summed E-state index contributed by atoms with van der Waals surface area (Å²) < 4.78 is 0. The van der Waals surface area contributed by atoms with Gasteiger partial charge in [-0.3, -0.25) is 9.78 Å². The molecule has 0 saturated carbocycles. The number of carbonyl (C=O) groups excluding carboxylic acids is 1. The van der Waals surface area contributed by atoms with Crippen LogP contribution in [0.3, 0.4) is 0 Å². The number of hydrogen-bond donors (Lipinski definition) is 3. The summed E-state index contributed by atoms with van der Waals surface area (Å²) in [4.78, 5) is 39.3. The van der Waals surface area contributed by atoms with Crippen LogP contribution < -0.4 is 16.6 Å². The third kappa shape index (κ3) is 1.94. The lowest BCUT2D eigenvalue weighted by Crippen LogP contribution is -2.31. The molecule has 0 aromatic carbocycles. The van der Waals surface area contributed by atoms with E-state index in [1.54, 1.807) is 0 Å². The topological polar surface area (TPSA) is 98.1 Å². The normalized spacial score (nSPS) is 15.3. The Morgan fingerprint density at radius 2 is 2.00 bits per heavy atom. The number of urea groups is 1. The van der Waals surface area contributed by atoms with E-state index in [2.05, 4.69) is 10.3 Å². The van der Waals surface area contributed by atoms with Crippen molar-refractivity contribution in [3.63, 3.8) is 0 Å². The van der Waals surface area contributed by atoms with E-state index in [1.165, 1.54) is 4.90 Å². The Morgan fingerprint density at radius 1 is 1.25 bits per heavy atom. The van der Waals surface area contributed by atoms with Crippen molar-refractivity contribution in [2.75, 3.05) is 13.1 Å². The van der Waals surface area contributed by atoms with Crippen LogP contribution in [0, 0.1) is 0 Å². The monoisotopic (exact) mass is 244 g/mol. The first-order chi connectivity index (χ1) is 7.58. The average molecular weight is 245 g/mol. The van der Waals surface area contributed by atoms with Crippen LogP contribution in [0.25, 0.3) is 0 Å². The van der Waals surface area contributed by atoms with Gasteiger partial charge in [0.05, 0.1) is 12.2 Å². The molecule has 1 saturated heterocycles. The molecule has 7 nitrogen and oxygen atoms in total. The van der Waals surface area contributed by atoms with Gasteiger partial charge in [0.25, 0.3) is 5.56 Å². The van der Waals surface area contributed by atoms with E-state index >= 15 is 0 Å². The second-order valence-electron chi connectivity index (χ2n) is 3.35. The molecule has 0 radical (unpaired) electrons. The van der Waals surface area contributed by atoms with Crippen molar-refractivity contribution in [1.29, 1.82) is 0 Å². The Balaban J connectivity index is 2.31. The van der Waals surface area contributed by atoms with E-state index in [1.807, 2.05) is 4.98 Å². The van der Waals surface area contributed by atoms with Crippen molar-refractivity contribution in [1.82, 2.24) is 20.2 Å². The molecule has 16 heavy (non-hydrogen) atoms. The van der Waals surface area contributed by atoms with Crippen LogP contribution in [0.1, 0.15) is 5.69 Å². The van der Waals surface area contributed by atoms with E-state index in [9.17, 15) is 14.4 Å². The van der Waals surface area contributed by atoms with Gasteiger partial charge in [0.1, 0.15) is 5.02 Å². The molecule has 1 aromatic rings. The van der Waals surface area contributed by atoms with Gasteiger partial charge in [0, 0.05) is 13.1 Å². The molecule has 1 aliphatic heterocycles. The second-order valence-corrected chi connectivity index (χ2v) is 3.73. The van der Waals surface area contributed by atoms with E-state index in [4.69, 9.17) is 11.6 Å². The lowest BCUT2D eigenvalue weighted by atomic mass is 10.3. The fourth-order valence-electron chi connectivity index (χ4n) is 1.48. The number of amides is 2. The highest BCUT2D eigenvalue weighted by atomic mass is 35.5. The molecule has 1 fully saturated rings. The molecule has 2 rings (SSSR count). The number of nitrogens with zero attached hydrogens (tertiary/aromatic N) is 1. The molecule has 0 bridgehead atoms. The van der Waals surface area contributed by atoms with E-state index in [0.29, 0.717) is 13.1 Å². The first-order valence-corrected chi connectivity index (χ1v) is 4.99. The zero-order valence-electron chi connectivity index (χ0n) is 8.17. The molecule has 1 aliphatic rings. The predicted molar refractivity (Wildman–Crippen MR) is 56.5 cm³/mol. The third-order valence-corrected chi connectivity index (χ3v) is 2.65. The number of halogens is 1. The lowest BCUT2D eigenvalue weighted by molar-refractivity contribution is 0.215. The summed E-state index contributed by atoms with van der Waals surface area (Å²) >= 11 is 5.72. The quantitative estimate of drug-likeness (QED) is 0.638. The van der Waals surface area contributed by atoms with Crippen molar-refractivity contribution in [3.8, 4) is 0 Å². The van der Waals surface area contributed by atoms with Crippen LogP contribution in [0.15, 0.2) is 9.59 Å². The zero-order chi connectivity index (χ0) is 11.7. The van der Waals surface area contributed by atoms with Gasteiger partial charge in [-0.05, 0) is 0 Å². The maximum absolute atomic E-state index is 11.3. The van der Waals surface area contributed by atoms with Crippen LogP contribution in [-0.4, -0.2) is 34.0 Å². The Kier molecular flexibility index (Phi) is 2.69. The summed E-state index contributed by atoms with van der Waals surface area (Å²) in [6.07, 6.45) is 0. The van der Waals surface area contributed by atoms with E-state index < -0.39 is 11.2 Å². The van der Waals surface area contributed by atoms with Crippen molar-refractivity contribution in [2.45, 2.75) is 6.54 Å². The number of hydrogen-bond acceptors (Lipinski definition) is 3. The molecule has 0 atom stereocenters. The molecule has 0 spiro atoms. The first kappa shape index (κ1) is 10.7. The van der Waals surface area contributed by atoms with E-state index in [-0.39, 0.29) is 23.3 Å². The minimum atomic E-state index is -0.653. The standard InChI is InChI=1S/C8H9ClN4O3/c9-5-4(11-7(15)12-6(5)14)3-13-2-1-10-8(13)16/h1-3H2,(H,10,16)(H2,11,12,14,15). The molecular weight excluding hydrogens is 236 g/mol. The highest BCUT2D eigenvalue weighted by molar-refractivity contribution is 6.31. The number of nitrogens with one attached hydrogen (secondary N) is 3. The van der Waals surface area contributed by atoms with Crippen LogP contribution in [0.2, 0.25) is 5.02 Å². The lowest BCUT2D eigenvalue weighted by Gasteiger charge is -2.13. The predicted octanol–water partition coefficient (Wildman–Crippen LogP) is -0.758. The fraction of sp³-hybridized carbons (Fsp3) is 0.375. The molecule has 0 unspecified atom stereocenters. The van der Waals surface area contributed by atoms with Gasteiger partial charge in [-0.2, -0.15) is 0 Å². The van der Waals surface area contributed by atoms with Gasteiger partial charge < -0.3 is 15.2 Å². The number of aromatic amines is 2. The number of aromatic nitrogens is 2. The number of carbonyl (C=O) groups is 1. The molecule has 1 aromatic heterocycles. The second kappa shape index (κ2) is 4.01. The van der Waals surface area contributed by atoms with Gasteiger partial charge >= 0.3 is 11.7 Å². The average Bonchev–Trinajstić information content (AvgIpc) is 2.60. The SMILES string of the molecule is O=C1NCCN1Cc1[nH]c(=O)[nH]c(=O)c1Cl. The van der Waals surface area contributed by atoms with Crippen molar-refractivity contribution in [2.24, 2.45) is 0 Å². The molecule has 2 heterocycles. The smallest absolute Gasteiger partial charge is 0.326 e. The molecule has 2 amide bonds. The Labute approximate surface area is 94.4 Å². The highest BCUT2D eigenvalue weighted by Crippen LogP contribution is 2.10. The molecule has 0 aliphatic carbocycles. The Hall–Kier alpha value is -1.76. The Bertz CT molecular complexity index is 535. The van der Waals surface area contributed by atoms with Gasteiger partial charge in [0.15, 0.2) is 0 Å². The minimum absolute atomic E-state index is 0.0979. The summed E-state index contributed by atoms with van der Waals surface area (Å²) in [6, 6.07) is -0.239. The maximum Gasteiger partial charge on any atom is 0.326 e. The largest absolute Gasteiger partial charge is 0.336 e. The van der Waals surface area contributed by atoms with Crippen LogP contribution in [-0.2, 0) is 6.54 Å². The number of rotatable bonds is 2. The minimum Gasteiger partial charge on any atom is -0.336 e. The van der Waals surface area contributed by atoms with Crippen molar-refractivity contribution >= 4 is 17.6 Å². The first-order valence-electron chi connectivity index (χ1n) is 4.61. The molecule has 8 heteroatoms. The summed E-state index contributed by atoms with van der Waals surface area (Å²) in [7, 11) is 0. The molecular formula is C8H9ClN4O3. The highest BCUT2D eigenvalue weighted by Gasteiger charge is 2.21. The van der Waals surface area contributed by atoms with E-state index in [0.717, 1.165) is 0 Å². The summed E-state index contributed by atoms with van der Waals surface area (Å²) in [5.41, 5.74) is -1.04. The summed E-state index contributed by atoms with van der Waals surface area (Å²) in [5, 5.41) is 2.51. The van der Waals surface area contributed by atoms with Crippen molar-refractivity contribution < 1.29 is 4.79 Å². The zero-order valence-corrected chi connectivity index (χ0v) is 8.93. The van der Waals surface area contributed by atoms with Crippen molar-refractivity contribution in [3.05, 3.63) is 31.6 Å². The molecule has 3 N–H and O–H groups in total. The van der Waals surface area contributed by atoms with Gasteiger partial charge in [-0.1, -0.05) is 11.6 Å². The fourth-order valence-corrected chi connectivity index (χ4v) is 1.63. The number of H-pyrrole nitrogens is 2. The summed E-state index contributed by atoms with van der Waals surface area (Å²) in [6.45, 7) is 1.18. The van der Waals surface area contributed by atoms with Gasteiger partial charge in [-0.15, -0.1) is 0 Å². The summed E-state index contributed by atoms with van der Waals surface area (Å²) in [5.74, 6) is 0. The van der Waals surface area contributed by atoms with Crippen LogP contribution in [0.4, 0.5) is 4.79 Å². The molecule has 86 valence electrons.